The topological polar surface area (TPSA) is 29.5 Å². The molecule has 0 spiro atoms. The molecular weight excluding hydrogens is 116 g/mol. The van der Waals surface area contributed by atoms with E-state index >= 15 is 0 Å². The fourth-order valence-corrected chi connectivity index (χ4v) is 1.81. The molecule has 3 atom stereocenters. The average Bonchev–Trinajstić information content (AvgIpc) is 1.90. The first-order valence-corrected chi connectivity index (χ1v) is 3.66. The van der Waals surface area contributed by atoms with Crippen LogP contribution in [0.5, 0.6) is 0 Å². The molecule has 1 saturated carbocycles. The van der Waals surface area contributed by atoms with E-state index in [1.807, 2.05) is 0 Å². The van der Waals surface area contributed by atoms with Gasteiger partial charge in [0.1, 0.15) is 0 Å². The van der Waals surface area contributed by atoms with E-state index in [0.29, 0.717) is 5.92 Å². The molecule has 3 fully saturated rings. The Hall–Kier alpha value is -0.0800. The summed E-state index contributed by atoms with van der Waals surface area (Å²) in [6, 6.07) is 0. The normalized spacial score (nSPS) is 49.7. The Labute approximate surface area is 54.8 Å². The molecule has 3 aliphatic rings. The van der Waals surface area contributed by atoms with Crippen molar-refractivity contribution in [3.63, 3.8) is 0 Å². The Kier molecular flexibility index (Phi) is 1.24. The molecule has 2 saturated heterocycles. The minimum absolute atomic E-state index is 0.155. The predicted octanol–water partition coefficient (Wildman–Crippen LogP) is 0.546. The van der Waals surface area contributed by atoms with Gasteiger partial charge in [-0.2, -0.15) is 0 Å². The van der Waals surface area contributed by atoms with Gasteiger partial charge < -0.3 is 9.84 Å². The van der Waals surface area contributed by atoms with Gasteiger partial charge in [-0.05, 0) is 25.2 Å². The Morgan fingerprint density at radius 3 is 2.44 bits per heavy atom. The summed E-state index contributed by atoms with van der Waals surface area (Å²) in [5, 5.41) is 9.27. The maximum absolute atomic E-state index is 9.27. The Morgan fingerprint density at radius 1 is 1.33 bits per heavy atom. The highest BCUT2D eigenvalue weighted by atomic mass is 16.5. The quantitative estimate of drug-likeness (QED) is 0.516. The van der Waals surface area contributed by atoms with Gasteiger partial charge in [0.05, 0.1) is 12.2 Å². The monoisotopic (exact) mass is 128 g/mol. The summed E-state index contributed by atoms with van der Waals surface area (Å²) in [5.74, 6) is 0.657. The second kappa shape index (κ2) is 1.96. The van der Waals surface area contributed by atoms with Gasteiger partial charge in [-0.1, -0.05) is 0 Å². The molecule has 52 valence electrons. The molecule has 0 unspecified atom stereocenters. The average molecular weight is 128 g/mol. The van der Waals surface area contributed by atoms with E-state index in [1.165, 1.54) is 6.42 Å². The number of hydrogen-bond acceptors (Lipinski definition) is 2. The summed E-state index contributed by atoms with van der Waals surface area (Å²) < 4.78 is 5.34. The highest BCUT2D eigenvalue weighted by molar-refractivity contribution is 4.84. The summed E-state index contributed by atoms with van der Waals surface area (Å²) in [6.07, 6.45) is 3.34. The molecule has 0 radical (unpaired) electrons. The molecule has 1 N–H and O–H groups in total. The van der Waals surface area contributed by atoms with Crippen LogP contribution >= 0.6 is 0 Å². The van der Waals surface area contributed by atoms with Crippen LogP contribution in [0.3, 0.4) is 0 Å². The molecule has 2 heterocycles. The van der Waals surface area contributed by atoms with Gasteiger partial charge in [0.15, 0.2) is 0 Å². The highest BCUT2D eigenvalue weighted by Crippen LogP contribution is 2.32. The smallest absolute Gasteiger partial charge is 0.0834 e. The zero-order valence-electron chi connectivity index (χ0n) is 5.42. The number of aliphatic hydroxyl groups is 1. The lowest BCUT2D eigenvalue weighted by atomic mass is 9.83. The molecule has 1 aliphatic carbocycles. The van der Waals surface area contributed by atoms with Crippen LogP contribution < -0.4 is 0 Å². The zero-order chi connectivity index (χ0) is 6.27. The van der Waals surface area contributed by atoms with Crippen molar-refractivity contribution in [1.29, 1.82) is 0 Å². The lowest BCUT2D eigenvalue weighted by Gasteiger charge is -2.39. The van der Waals surface area contributed by atoms with Gasteiger partial charge in [0.25, 0.3) is 0 Å². The van der Waals surface area contributed by atoms with Crippen molar-refractivity contribution >= 4 is 0 Å². The Morgan fingerprint density at radius 2 is 2.22 bits per heavy atom. The van der Waals surface area contributed by atoms with Crippen LogP contribution in [0.2, 0.25) is 0 Å². The zero-order valence-corrected chi connectivity index (χ0v) is 5.42. The number of rotatable bonds is 0. The number of ether oxygens (including phenoxy) is 1. The van der Waals surface area contributed by atoms with Gasteiger partial charge >= 0.3 is 0 Å². The fourth-order valence-electron chi connectivity index (χ4n) is 1.81. The van der Waals surface area contributed by atoms with E-state index < -0.39 is 0 Å². The summed E-state index contributed by atoms with van der Waals surface area (Å²) in [5.41, 5.74) is 0. The molecular formula is C7H12O2. The summed E-state index contributed by atoms with van der Waals surface area (Å²) in [7, 11) is 0. The summed E-state index contributed by atoms with van der Waals surface area (Å²) in [4.78, 5) is 0. The molecule has 0 aromatic heterocycles. The first-order valence-electron chi connectivity index (χ1n) is 3.66. The van der Waals surface area contributed by atoms with Gasteiger partial charge in [0.2, 0.25) is 0 Å². The van der Waals surface area contributed by atoms with Crippen LogP contribution in [0.15, 0.2) is 0 Å². The van der Waals surface area contributed by atoms with E-state index in [9.17, 15) is 5.11 Å². The third-order valence-corrected chi connectivity index (χ3v) is 2.41. The largest absolute Gasteiger partial charge is 0.390 e. The molecule has 0 aromatic rings. The van der Waals surface area contributed by atoms with Gasteiger partial charge in [-0.25, -0.2) is 0 Å². The summed E-state index contributed by atoms with van der Waals surface area (Å²) >= 11 is 0. The third-order valence-electron chi connectivity index (χ3n) is 2.41. The molecule has 2 aliphatic heterocycles. The molecule has 2 nitrogen and oxygen atoms in total. The lowest BCUT2D eigenvalue weighted by molar-refractivity contribution is -0.134. The first kappa shape index (κ1) is 5.69. The molecule has 0 aromatic carbocycles. The highest BCUT2D eigenvalue weighted by Gasteiger charge is 2.34. The second-order valence-electron chi connectivity index (χ2n) is 3.12. The fraction of sp³-hybridized carbons (Fsp3) is 1.00. The van der Waals surface area contributed by atoms with Crippen LogP contribution in [0.4, 0.5) is 0 Å². The van der Waals surface area contributed by atoms with Crippen molar-refractivity contribution < 1.29 is 9.84 Å². The molecule has 9 heavy (non-hydrogen) atoms. The predicted molar refractivity (Wildman–Crippen MR) is 33.1 cm³/mol. The Bertz CT molecular complexity index is 105. The van der Waals surface area contributed by atoms with E-state index in [2.05, 4.69) is 0 Å². The van der Waals surface area contributed by atoms with E-state index in [4.69, 9.17) is 4.74 Å². The van der Waals surface area contributed by atoms with Crippen LogP contribution in [0.1, 0.15) is 19.3 Å². The van der Waals surface area contributed by atoms with Crippen molar-refractivity contribution in [2.75, 3.05) is 6.61 Å². The minimum Gasteiger partial charge on any atom is -0.390 e. The van der Waals surface area contributed by atoms with Crippen molar-refractivity contribution in [2.45, 2.75) is 31.5 Å². The van der Waals surface area contributed by atoms with Crippen LogP contribution in [-0.2, 0) is 4.74 Å². The van der Waals surface area contributed by atoms with E-state index in [0.717, 1.165) is 19.4 Å². The number of hydrogen-bond donors (Lipinski definition) is 1. The standard InChI is InChI=1S/C7H12O2/c8-6-3-5-1-2-7(6)9-4-5/h5-8H,1-4H2/t5-,6-,7+/m0/s1. The molecule has 2 bridgehead atoms. The van der Waals surface area contributed by atoms with E-state index in [-0.39, 0.29) is 12.2 Å². The van der Waals surface area contributed by atoms with Gasteiger partial charge in [-0.15, -0.1) is 0 Å². The first-order chi connectivity index (χ1) is 4.36. The molecule has 0 amide bonds. The van der Waals surface area contributed by atoms with Crippen LogP contribution in [0.25, 0.3) is 0 Å². The molecule has 3 rings (SSSR count). The van der Waals surface area contributed by atoms with Crippen LogP contribution in [-0.4, -0.2) is 23.9 Å². The number of aliphatic hydroxyl groups excluding tert-OH is 1. The maximum atomic E-state index is 9.27. The van der Waals surface area contributed by atoms with Crippen molar-refractivity contribution in [3.8, 4) is 0 Å². The number of fused-ring (bicyclic) bond motifs is 3. The van der Waals surface area contributed by atoms with Gasteiger partial charge in [0, 0.05) is 6.61 Å². The maximum Gasteiger partial charge on any atom is 0.0834 e. The Balaban J connectivity index is 2.06. The van der Waals surface area contributed by atoms with Crippen molar-refractivity contribution in [1.82, 2.24) is 0 Å². The second-order valence-corrected chi connectivity index (χ2v) is 3.12. The third kappa shape index (κ3) is 0.864. The van der Waals surface area contributed by atoms with Crippen molar-refractivity contribution in [2.24, 2.45) is 5.92 Å². The molecule has 2 heteroatoms. The van der Waals surface area contributed by atoms with Crippen LogP contribution in [0, 0.1) is 5.92 Å². The minimum atomic E-state index is -0.155. The van der Waals surface area contributed by atoms with Crippen molar-refractivity contribution in [3.05, 3.63) is 0 Å². The van der Waals surface area contributed by atoms with E-state index in [1.54, 1.807) is 0 Å². The summed E-state index contributed by atoms with van der Waals surface area (Å²) in [6.45, 7) is 0.891. The van der Waals surface area contributed by atoms with Gasteiger partial charge in [-0.3, -0.25) is 0 Å². The SMILES string of the molecule is O[C@H]1C[C@@H]2CC[C@H]1OC2. The lowest BCUT2D eigenvalue weighted by Crippen LogP contribution is -2.43.